The van der Waals surface area contributed by atoms with E-state index in [2.05, 4.69) is 49.1 Å². The van der Waals surface area contributed by atoms with Crippen molar-refractivity contribution >= 4 is 37.8 Å². The first-order valence-electron chi connectivity index (χ1n) is 5.17. The molecule has 1 unspecified atom stereocenters. The van der Waals surface area contributed by atoms with Gasteiger partial charge in [-0.15, -0.1) is 0 Å². The van der Waals surface area contributed by atoms with Crippen LogP contribution in [0.3, 0.4) is 0 Å². The van der Waals surface area contributed by atoms with Crippen molar-refractivity contribution < 1.29 is 4.79 Å². The Morgan fingerprint density at radius 1 is 1.56 bits per heavy atom. The first-order chi connectivity index (χ1) is 7.63. The normalized spacial score (nSPS) is 12.2. The van der Waals surface area contributed by atoms with E-state index in [1.807, 2.05) is 0 Å². The highest BCUT2D eigenvalue weighted by atomic mass is 79.9. The van der Waals surface area contributed by atoms with Crippen LogP contribution in [0.15, 0.2) is 22.8 Å². The van der Waals surface area contributed by atoms with Gasteiger partial charge in [0.1, 0.15) is 5.69 Å². The summed E-state index contributed by atoms with van der Waals surface area (Å²) in [7, 11) is 0. The highest BCUT2D eigenvalue weighted by Crippen LogP contribution is 2.08. The summed E-state index contributed by atoms with van der Waals surface area (Å²) < 4.78 is 0.869. The van der Waals surface area contributed by atoms with Gasteiger partial charge in [-0.1, -0.05) is 29.3 Å². The van der Waals surface area contributed by atoms with Crippen LogP contribution in [-0.2, 0) is 0 Å². The van der Waals surface area contributed by atoms with Gasteiger partial charge in [0.05, 0.1) is 0 Å². The van der Waals surface area contributed by atoms with Gasteiger partial charge >= 0.3 is 0 Å². The zero-order valence-corrected chi connectivity index (χ0v) is 12.2. The maximum atomic E-state index is 11.7. The van der Waals surface area contributed by atoms with Gasteiger partial charge in [-0.25, -0.2) is 4.98 Å². The summed E-state index contributed by atoms with van der Waals surface area (Å²) in [6.07, 6.45) is 3.77. The van der Waals surface area contributed by atoms with Gasteiger partial charge in [0.15, 0.2) is 0 Å². The molecular formula is C11H14Br2N2O. The highest BCUT2D eigenvalue weighted by Gasteiger charge is 2.09. The number of aromatic nitrogens is 1. The van der Waals surface area contributed by atoms with Crippen molar-refractivity contribution in [3.8, 4) is 0 Å². The van der Waals surface area contributed by atoms with E-state index < -0.39 is 0 Å². The maximum absolute atomic E-state index is 11.7. The molecule has 1 heterocycles. The van der Waals surface area contributed by atoms with Crippen LogP contribution >= 0.6 is 31.9 Å². The largest absolute Gasteiger partial charge is 0.350 e. The minimum Gasteiger partial charge on any atom is -0.350 e. The lowest BCUT2D eigenvalue weighted by atomic mass is 10.2. The topological polar surface area (TPSA) is 42.0 Å². The number of halogens is 2. The number of nitrogens with one attached hydrogen (secondary N) is 1. The van der Waals surface area contributed by atoms with Gasteiger partial charge in [0, 0.05) is 22.0 Å². The van der Waals surface area contributed by atoms with E-state index in [0.717, 1.165) is 17.3 Å². The van der Waals surface area contributed by atoms with Crippen LogP contribution in [0.2, 0.25) is 0 Å². The molecule has 5 heteroatoms. The fourth-order valence-corrected chi connectivity index (χ4v) is 2.07. The number of hydrogen-bond acceptors (Lipinski definition) is 2. The molecule has 0 saturated heterocycles. The second-order valence-electron chi connectivity index (χ2n) is 3.46. The molecule has 1 atom stereocenters. The van der Waals surface area contributed by atoms with Gasteiger partial charge < -0.3 is 5.32 Å². The zero-order chi connectivity index (χ0) is 12.0. The number of alkyl halides is 1. The Labute approximate surface area is 112 Å². The highest BCUT2D eigenvalue weighted by molar-refractivity contribution is 9.10. The Bertz CT molecular complexity index is 340. The molecule has 0 aliphatic carbocycles. The molecule has 0 saturated carbocycles. The summed E-state index contributed by atoms with van der Waals surface area (Å²) in [5.41, 5.74) is 0.444. The number of carbonyl (C=O) groups excluding carboxylic acids is 1. The van der Waals surface area contributed by atoms with Crippen molar-refractivity contribution in [2.75, 3.05) is 6.54 Å². The summed E-state index contributed by atoms with van der Waals surface area (Å²) >= 11 is 6.78. The number of nitrogens with zero attached hydrogens (tertiary/aromatic N) is 1. The molecule has 1 aromatic heterocycles. The van der Waals surface area contributed by atoms with Crippen molar-refractivity contribution in [2.24, 2.45) is 0 Å². The molecule has 1 N–H and O–H groups in total. The van der Waals surface area contributed by atoms with Crippen LogP contribution < -0.4 is 5.32 Å². The molecule has 0 radical (unpaired) electrons. The molecule has 0 bridgehead atoms. The summed E-state index contributed by atoms with van der Waals surface area (Å²) in [6.45, 7) is 2.75. The molecule has 3 nitrogen and oxygen atoms in total. The van der Waals surface area contributed by atoms with E-state index in [4.69, 9.17) is 0 Å². The molecule has 0 fully saturated rings. The SMILES string of the molecule is CCCC(Br)CNC(=O)c1ccc(Br)cn1. The van der Waals surface area contributed by atoms with Crippen molar-refractivity contribution in [3.05, 3.63) is 28.5 Å². The minimum atomic E-state index is -0.131. The van der Waals surface area contributed by atoms with Crippen LogP contribution in [0, 0.1) is 0 Å². The van der Waals surface area contributed by atoms with Crippen LogP contribution in [0.25, 0.3) is 0 Å². The third-order valence-electron chi connectivity index (χ3n) is 2.05. The summed E-state index contributed by atoms with van der Waals surface area (Å²) in [6, 6.07) is 3.50. The van der Waals surface area contributed by atoms with Crippen molar-refractivity contribution in [1.82, 2.24) is 10.3 Å². The summed E-state index contributed by atoms with van der Waals surface area (Å²) in [5.74, 6) is -0.131. The van der Waals surface area contributed by atoms with Crippen LogP contribution in [0.5, 0.6) is 0 Å². The van der Waals surface area contributed by atoms with Crippen molar-refractivity contribution in [3.63, 3.8) is 0 Å². The standard InChI is InChI=1S/C11H14Br2N2O/c1-2-3-8(12)7-15-11(16)10-5-4-9(13)6-14-10/h4-6,8H,2-3,7H2,1H3,(H,15,16). The van der Waals surface area contributed by atoms with Gasteiger partial charge in [-0.3, -0.25) is 4.79 Å². The lowest BCUT2D eigenvalue weighted by molar-refractivity contribution is 0.0948. The van der Waals surface area contributed by atoms with Gasteiger partial charge in [0.25, 0.3) is 5.91 Å². The Morgan fingerprint density at radius 3 is 2.88 bits per heavy atom. The van der Waals surface area contributed by atoms with E-state index >= 15 is 0 Å². The van der Waals surface area contributed by atoms with E-state index in [0.29, 0.717) is 17.1 Å². The van der Waals surface area contributed by atoms with Crippen molar-refractivity contribution in [2.45, 2.75) is 24.6 Å². The molecular weight excluding hydrogens is 336 g/mol. The Hall–Kier alpha value is -0.420. The predicted octanol–water partition coefficient (Wildman–Crippen LogP) is 3.14. The molecule has 0 aliphatic rings. The average Bonchev–Trinajstić information content (AvgIpc) is 2.27. The Kier molecular flexibility index (Phi) is 5.98. The predicted molar refractivity (Wildman–Crippen MR) is 71.9 cm³/mol. The first-order valence-corrected chi connectivity index (χ1v) is 6.88. The lowest BCUT2D eigenvalue weighted by Crippen LogP contribution is -2.30. The van der Waals surface area contributed by atoms with Gasteiger partial charge in [-0.05, 0) is 34.5 Å². The lowest BCUT2D eigenvalue weighted by Gasteiger charge is -2.09. The van der Waals surface area contributed by atoms with Gasteiger partial charge in [0.2, 0.25) is 0 Å². The van der Waals surface area contributed by atoms with Crippen LogP contribution in [-0.4, -0.2) is 22.3 Å². The third kappa shape index (κ3) is 4.61. The third-order valence-corrected chi connectivity index (χ3v) is 3.30. The van der Waals surface area contributed by atoms with E-state index in [9.17, 15) is 4.79 Å². The molecule has 0 spiro atoms. The summed E-state index contributed by atoms with van der Waals surface area (Å²) in [4.78, 5) is 16.0. The van der Waals surface area contributed by atoms with E-state index in [1.54, 1.807) is 18.3 Å². The van der Waals surface area contributed by atoms with Gasteiger partial charge in [-0.2, -0.15) is 0 Å². The summed E-state index contributed by atoms with van der Waals surface area (Å²) in [5, 5.41) is 2.84. The molecule has 16 heavy (non-hydrogen) atoms. The number of amides is 1. The molecule has 1 rings (SSSR count). The first kappa shape index (κ1) is 13.6. The number of rotatable bonds is 5. The Balaban J connectivity index is 2.43. The monoisotopic (exact) mass is 348 g/mol. The smallest absolute Gasteiger partial charge is 0.269 e. The number of hydrogen-bond donors (Lipinski definition) is 1. The molecule has 1 amide bonds. The number of carbonyl (C=O) groups is 1. The fraction of sp³-hybridized carbons (Fsp3) is 0.455. The molecule has 88 valence electrons. The zero-order valence-electron chi connectivity index (χ0n) is 9.04. The second-order valence-corrected chi connectivity index (χ2v) is 5.67. The molecule has 1 aromatic rings. The fourth-order valence-electron chi connectivity index (χ4n) is 1.22. The molecule has 0 aliphatic heterocycles. The van der Waals surface area contributed by atoms with E-state index in [1.165, 1.54) is 0 Å². The average molecular weight is 350 g/mol. The van der Waals surface area contributed by atoms with Crippen LogP contribution in [0.4, 0.5) is 0 Å². The Morgan fingerprint density at radius 2 is 2.31 bits per heavy atom. The second kappa shape index (κ2) is 7.01. The molecule has 0 aromatic carbocycles. The number of pyridine rings is 1. The minimum absolute atomic E-state index is 0.131. The van der Waals surface area contributed by atoms with Crippen LogP contribution in [0.1, 0.15) is 30.3 Å². The quantitative estimate of drug-likeness (QED) is 0.830. The van der Waals surface area contributed by atoms with Crippen molar-refractivity contribution in [1.29, 1.82) is 0 Å². The van der Waals surface area contributed by atoms with E-state index in [-0.39, 0.29) is 5.91 Å². The maximum Gasteiger partial charge on any atom is 0.269 e.